The average Bonchev–Trinajstić information content (AvgIpc) is 3.34. The zero-order valence-electron chi connectivity index (χ0n) is 15.9. The summed E-state index contributed by atoms with van der Waals surface area (Å²) in [5.41, 5.74) is 1.47. The van der Waals surface area contributed by atoms with Crippen LogP contribution >= 0.6 is 0 Å². The minimum Gasteiger partial charge on any atom is -0.497 e. The number of methoxy groups -OCH3 is 1. The van der Waals surface area contributed by atoms with E-state index in [2.05, 4.69) is 6.07 Å². The van der Waals surface area contributed by atoms with Gasteiger partial charge in [-0.2, -0.15) is 5.26 Å². The van der Waals surface area contributed by atoms with Gasteiger partial charge in [0.25, 0.3) is 0 Å². The van der Waals surface area contributed by atoms with Crippen molar-refractivity contribution in [2.75, 3.05) is 33.5 Å². The topological polar surface area (TPSA) is 90.2 Å². The maximum absolute atomic E-state index is 10.4. The molecule has 2 aliphatic heterocycles. The third-order valence-electron chi connectivity index (χ3n) is 6.90. The summed E-state index contributed by atoms with van der Waals surface area (Å²) in [7, 11) is 1.65. The maximum Gasteiger partial charge on any atom is 0.176 e. The van der Waals surface area contributed by atoms with Gasteiger partial charge in [-0.05, 0) is 36.1 Å². The van der Waals surface area contributed by atoms with Gasteiger partial charge >= 0.3 is 0 Å². The van der Waals surface area contributed by atoms with Gasteiger partial charge in [0.1, 0.15) is 5.75 Å². The first-order chi connectivity index (χ1) is 13.7. The lowest BCUT2D eigenvalue weighted by Crippen LogP contribution is -2.59. The maximum atomic E-state index is 10.4. The van der Waals surface area contributed by atoms with Crippen molar-refractivity contribution in [2.24, 2.45) is 11.8 Å². The second-order valence-electron chi connectivity index (χ2n) is 8.01. The quantitative estimate of drug-likeness (QED) is 0.838. The molecule has 0 bridgehead atoms. The standard InChI is InChI=1S/C21H25NO6/c1-24-14-2-3-15-13(10-14)11-16-17-18(19(28-16)25-7-6-23)21(26-8-9-27-21)5-4-20(15,17)12-22/h2-3,10,16-19,23H,4-9,11H2,1H3/t16-,17+,18?,19?,20-/m1/s1. The Balaban J connectivity index is 1.62. The lowest BCUT2D eigenvalue weighted by atomic mass is 9.53. The Bertz CT molecular complexity index is 801. The second-order valence-corrected chi connectivity index (χ2v) is 8.01. The van der Waals surface area contributed by atoms with Gasteiger partial charge in [-0.15, -0.1) is 0 Å². The summed E-state index contributed by atoms with van der Waals surface area (Å²) in [6.45, 7) is 1.16. The lowest BCUT2D eigenvalue weighted by Gasteiger charge is -2.52. The fraction of sp³-hybridized carbons (Fsp3) is 0.667. The highest BCUT2D eigenvalue weighted by molar-refractivity contribution is 5.49. The van der Waals surface area contributed by atoms with E-state index < -0.39 is 17.5 Å². The molecule has 0 amide bonds. The summed E-state index contributed by atoms with van der Waals surface area (Å²) < 4.78 is 29.8. The van der Waals surface area contributed by atoms with Gasteiger partial charge in [-0.1, -0.05) is 6.07 Å². The fourth-order valence-corrected chi connectivity index (χ4v) is 5.87. The van der Waals surface area contributed by atoms with E-state index in [9.17, 15) is 10.4 Å². The molecule has 5 rings (SSSR count). The van der Waals surface area contributed by atoms with Crippen molar-refractivity contribution in [3.8, 4) is 11.8 Å². The molecule has 5 atom stereocenters. The molecular formula is C21H25NO6. The van der Waals surface area contributed by atoms with E-state index in [4.69, 9.17) is 23.7 Å². The predicted molar refractivity (Wildman–Crippen MR) is 96.5 cm³/mol. The van der Waals surface area contributed by atoms with E-state index >= 15 is 0 Å². The van der Waals surface area contributed by atoms with Crippen LogP contribution in [0.5, 0.6) is 5.75 Å². The number of fused-ring (bicyclic) bond motifs is 3. The molecule has 2 aliphatic carbocycles. The molecular weight excluding hydrogens is 362 g/mol. The Hall–Kier alpha value is -1.69. The van der Waals surface area contributed by atoms with Crippen LogP contribution in [0, 0.1) is 23.2 Å². The highest BCUT2D eigenvalue weighted by atomic mass is 16.8. The molecule has 1 saturated carbocycles. The highest BCUT2D eigenvalue weighted by Gasteiger charge is 2.69. The molecule has 1 aromatic carbocycles. The van der Waals surface area contributed by atoms with E-state index in [0.29, 0.717) is 32.5 Å². The van der Waals surface area contributed by atoms with E-state index in [1.54, 1.807) is 7.11 Å². The number of benzene rings is 1. The van der Waals surface area contributed by atoms with Crippen LogP contribution in [-0.4, -0.2) is 56.8 Å². The highest BCUT2D eigenvalue weighted by Crippen LogP contribution is 2.62. The largest absolute Gasteiger partial charge is 0.497 e. The fourth-order valence-electron chi connectivity index (χ4n) is 5.87. The Morgan fingerprint density at radius 3 is 2.79 bits per heavy atom. The number of hydrogen-bond donors (Lipinski definition) is 1. The van der Waals surface area contributed by atoms with Crippen LogP contribution in [0.15, 0.2) is 18.2 Å². The summed E-state index contributed by atoms with van der Waals surface area (Å²) in [5.74, 6) is -0.295. The molecule has 1 aromatic rings. The zero-order valence-corrected chi connectivity index (χ0v) is 15.9. The summed E-state index contributed by atoms with van der Waals surface area (Å²) in [6, 6.07) is 8.63. The number of ether oxygens (including phenoxy) is 5. The van der Waals surface area contributed by atoms with E-state index in [0.717, 1.165) is 16.9 Å². The van der Waals surface area contributed by atoms with Crippen molar-refractivity contribution >= 4 is 0 Å². The zero-order chi connectivity index (χ0) is 19.4. The van der Waals surface area contributed by atoms with Crippen molar-refractivity contribution in [3.63, 3.8) is 0 Å². The van der Waals surface area contributed by atoms with Crippen molar-refractivity contribution in [1.82, 2.24) is 0 Å². The molecule has 2 unspecified atom stereocenters. The smallest absolute Gasteiger partial charge is 0.176 e. The van der Waals surface area contributed by atoms with Gasteiger partial charge in [0.2, 0.25) is 0 Å². The third-order valence-corrected chi connectivity index (χ3v) is 6.90. The van der Waals surface area contributed by atoms with Gasteiger partial charge in [0.15, 0.2) is 12.1 Å². The molecule has 3 fully saturated rings. The van der Waals surface area contributed by atoms with Crippen LogP contribution < -0.4 is 4.74 Å². The van der Waals surface area contributed by atoms with Gasteiger partial charge in [0, 0.05) is 12.3 Å². The Labute approximate surface area is 164 Å². The summed E-state index contributed by atoms with van der Waals surface area (Å²) in [5, 5.41) is 19.7. The second kappa shape index (κ2) is 6.68. The predicted octanol–water partition coefficient (Wildman–Crippen LogP) is 1.52. The SMILES string of the molecule is COc1ccc2c(c1)C[C@H]1OC(OCCO)C3[C@H]1[C@@]2(C#N)CCC31OCCO1. The van der Waals surface area contributed by atoms with Gasteiger partial charge in [0.05, 0.1) is 57.0 Å². The number of hydrogen-bond acceptors (Lipinski definition) is 7. The molecule has 2 saturated heterocycles. The number of nitriles is 1. The number of aliphatic hydroxyl groups excluding tert-OH is 1. The van der Waals surface area contributed by atoms with Crippen molar-refractivity contribution in [2.45, 2.75) is 42.9 Å². The van der Waals surface area contributed by atoms with Crippen LogP contribution in [0.2, 0.25) is 0 Å². The van der Waals surface area contributed by atoms with Crippen molar-refractivity contribution in [3.05, 3.63) is 29.3 Å². The van der Waals surface area contributed by atoms with Crippen molar-refractivity contribution in [1.29, 1.82) is 5.26 Å². The Morgan fingerprint density at radius 2 is 2.07 bits per heavy atom. The van der Waals surface area contributed by atoms with E-state index in [1.807, 2.05) is 18.2 Å². The Morgan fingerprint density at radius 1 is 1.25 bits per heavy atom. The normalized spacial score (nSPS) is 37.3. The summed E-state index contributed by atoms with van der Waals surface area (Å²) >= 11 is 0. The van der Waals surface area contributed by atoms with E-state index in [-0.39, 0.29) is 31.2 Å². The van der Waals surface area contributed by atoms with Crippen LogP contribution in [0.3, 0.4) is 0 Å². The molecule has 1 spiro atoms. The molecule has 28 heavy (non-hydrogen) atoms. The molecule has 0 aromatic heterocycles. The van der Waals surface area contributed by atoms with Crippen LogP contribution in [0.1, 0.15) is 24.0 Å². The summed E-state index contributed by atoms with van der Waals surface area (Å²) in [4.78, 5) is 0. The first-order valence-corrected chi connectivity index (χ1v) is 9.92. The Kier molecular flexibility index (Phi) is 4.38. The minimum atomic E-state index is -0.774. The molecule has 7 heteroatoms. The van der Waals surface area contributed by atoms with E-state index in [1.165, 1.54) is 0 Å². The molecule has 2 heterocycles. The van der Waals surface area contributed by atoms with Gasteiger partial charge in [-0.25, -0.2) is 0 Å². The molecule has 150 valence electrons. The summed E-state index contributed by atoms with van der Waals surface area (Å²) in [6.07, 6.45) is 1.22. The molecule has 1 N–H and O–H groups in total. The average molecular weight is 387 g/mol. The third kappa shape index (κ3) is 2.39. The number of rotatable bonds is 4. The number of nitrogens with zero attached hydrogens (tertiary/aromatic N) is 1. The van der Waals surface area contributed by atoms with Crippen LogP contribution in [0.4, 0.5) is 0 Å². The van der Waals surface area contributed by atoms with Gasteiger partial charge < -0.3 is 28.8 Å². The van der Waals surface area contributed by atoms with Crippen LogP contribution in [0.25, 0.3) is 0 Å². The monoisotopic (exact) mass is 387 g/mol. The van der Waals surface area contributed by atoms with Crippen LogP contribution in [-0.2, 0) is 30.8 Å². The van der Waals surface area contributed by atoms with Gasteiger partial charge in [-0.3, -0.25) is 0 Å². The molecule has 0 radical (unpaired) electrons. The first kappa shape index (κ1) is 18.3. The minimum absolute atomic E-state index is 0.0859. The lowest BCUT2D eigenvalue weighted by molar-refractivity contribution is -0.267. The van der Waals surface area contributed by atoms with Crippen molar-refractivity contribution < 1.29 is 28.8 Å². The molecule has 7 nitrogen and oxygen atoms in total. The first-order valence-electron chi connectivity index (χ1n) is 9.92. The number of aliphatic hydroxyl groups is 1. The molecule has 4 aliphatic rings.